The van der Waals surface area contributed by atoms with Gasteiger partial charge in [0.25, 0.3) is 0 Å². The molecule has 1 aromatic carbocycles. The highest BCUT2D eigenvalue weighted by Gasteiger charge is 2.00. The van der Waals surface area contributed by atoms with E-state index in [1.165, 1.54) is 89.5 Å². The Hall–Kier alpha value is -2.62. The Morgan fingerprint density at radius 2 is 1.44 bits per heavy atom. The molecule has 0 unspecified atom stereocenters. The van der Waals surface area contributed by atoms with Gasteiger partial charge in [-0.15, -0.1) is 0 Å². The van der Waals surface area contributed by atoms with Gasteiger partial charge in [-0.3, -0.25) is 4.98 Å². The molecule has 0 aliphatic carbocycles. The molecular formula is C30H44N2O2. The summed E-state index contributed by atoms with van der Waals surface area (Å²) in [6, 6.07) is 13.7. The first-order chi connectivity index (χ1) is 16.8. The first-order valence-corrected chi connectivity index (χ1v) is 13.4. The van der Waals surface area contributed by atoms with Crippen LogP contribution >= 0.6 is 0 Å². The fourth-order valence-corrected chi connectivity index (χ4v) is 3.93. The van der Waals surface area contributed by atoms with Gasteiger partial charge in [-0.05, 0) is 42.3 Å². The molecule has 1 aromatic heterocycles. The number of hydrogen-bond donors (Lipinski definition) is 1. The second-order valence-corrected chi connectivity index (χ2v) is 9.05. The number of carbonyl (C=O) groups excluding carboxylic acids is 1. The number of anilines is 1. The molecule has 0 amide bonds. The average Bonchev–Trinajstić information content (AvgIpc) is 2.87. The Bertz CT molecular complexity index is 787. The zero-order valence-electron chi connectivity index (χ0n) is 21.1. The predicted molar refractivity (Wildman–Crippen MR) is 144 cm³/mol. The van der Waals surface area contributed by atoms with Gasteiger partial charge in [0, 0.05) is 24.5 Å². The van der Waals surface area contributed by atoms with Crippen LogP contribution in [0.15, 0.2) is 54.7 Å². The third-order valence-corrected chi connectivity index (χ3v) is 6.02. The maximum atomic E-state index is 11.9. The summed E-state index contributed by atoms with van der Waals surface area (Å²) in [6.45, 7) is 3.47. The van der Waals surface area contributed by atoms with Crippen LogP contribution < -0.4 is 5.32 Å². The van der Waals surface area contributed by atoms with Crippen molar-refractivity contribution in [3.05, 3.63) is 66.0 Å². The SMILES string of the molecule is CCCCCCCCCCCCCCCNc1ccc(C=CC(=O)OCc2ccccn2)cc1. The van der Waals surface area contributed by atoms with E-state index >= 15 is 0 Å². The topological polar surface area (TPSA) is 51.2 Å². The molecule has 4 heteroatoms. The number of nitrogens with zero attached hydrogens (tertiary/aromatic N) is 1. The summed E-state index contributed by atoms with van der Waals surface area (Å²) in [5.74, 6) is -0.365. The van der Waals surface area contributed by atoms with Crippen molar-refractivity contribution in [2.24, 2.45) is 0 Å². The number of ether oxygens (including phenoxy) is 1. The molecule has 0 radical (unpaired) electrons. The fourth-order valence-electron chi connectivity index (χ4n) is 3.93. The molecule has 1 heterocycles. The minimum atomic E-state index is -0.365. The zero-order chi connectivity index (χ0) is 24.1. The lowest BCUT2D eigenvalue weighted by Gasteiger charge is -2.07. The van der Waals surface area contributed by atoms with Crippen molar-refractivity contribution < 1.29 is 9.53 Å². The molecule has 0 fully saturated rings. The smallest absolute Gasteiger partial charge is 0.331 e. The lowest BCUT2D eigenvalue weighted by molar-refractivity contribution is -0.139. The summed E-state index contributed by atoms with van der Waals surface area (Å²) in [7, 11) is 0. The Balaban J connectivity index is 1.45. The summed E-state index contributed by atoms with van der Waals surface area (Å²) in [4.78, 5) is 16.0. The number of unbranched alkanes of at least 4 members (excludes halogenated alkanes) is 12. The number of benzene rings is 1. The second-order valence-electron chi connectivity index (χ2n) is 9.05. The number of aromatic nitrogens is 1. The Labute approximate surface area is 207 Å². The van der Waals surface area contributed by atoms with E-state index in [0.717, 1.165) is 23.5 Å². The fraction of sp³-hybridized carbons (Fsp3) is 0.533. The highest BCUT2D eigenvalue weighted by Crippen LogP contribution is 2.14. The zero-order valence-corrected chi connectivity index (χ0v) is 21.1. The first-order valence-electron chi connectivity index (χ1n) is 13.4. The van der Waals surface area contributed by atoms with Crippen LogP contribution in [0.3, 0.4) is 0 Å². The van der Waals surface area contributed by atoms with E-state index in [1.54, 1.807) is 12.3 Å². The van der Waals surface area contributed by atoms with Crippen molar-refractivity contribution in [1.82, 2.24) is 4.98 Å². The van der Waals surface area contributed by atoms with Gasteiger partial charge in [-0.25, -0.2) is 4.79 Å². The van der Waals surface area contributed by atoms with Crippen molar-refractivity contribution in [2.75, 3.05) is 11.9 Å². The highest BCUT2D eigenvalue weighted by atomic mass is 16.5. The van der Waals surface area contributed by atoms with Gasteiger partial charge in [0.1, 0.15) is 6.61 Å². The van der Waals surface area contributed by atoms with Crippen LogP contribution in [0.4, 0.5) is 5.69 Å². The van der Waals surface area contributed by atoms with Gasteiger partial charge in [0.2, 0.25) is 0 Å². The highest BCUT2D eigenvalue weighted by molar-refractivity contribution is 5.87. The molecule has 1 N–H and O–H groups in total. The molecule has 0 saturated heterocycles. The van der Waals surface area contributed by atoms with E-state index in [0.29, 0.717) is 0 Å². The quantitative estimate of drug-likeness (QED) is 0.129. The Kier molecular flexibility index (Phi) is 15.2. The lowest BCUT2D eigenvalue weighted by Crippen LogP contribution is -2.02. The molecule has 0 saturated carbocycles. The molecule has 186 valence electrons. The van der Waals surface area contributed by atoms with Crippen LogP contribution in [0, 0.1) is 0 Å². The standard InChI is InChI=1S/C30H44N2O2/c1-2-3-4-5-6-7-8-9-10-11-12-13-15-24-31-28-21-18-27(19-22-28)20-23-30(33)34-26-29-17-14-16-25-32-29/h14,16-23,25,31H,2-13,15,24,26H2,1H3. The number of hydrogen-bond acceptors (Lipinski definition) is 4. The molecule has 2 aromatic rings. The molecule has 0 atom stereocenters. The minimum absolute atomic E-state index is 0.187. The summed E-state index contributed by atoms with van der Waals surface area (Å²) in [5, 5.41) is 3.49. The summed E-state index contributed by atoms with van der Waals surface area (Å²) < 4.78 is 5.21. The summed E-state index contributed by atoms with van der Waals surface area (Å²) in [6.07, 6.45) is 22.8. The van der Waals surface area contributed by atoms with E-state index in [-0.39, 0.29) is 12.6 Å². The second kappa shape index (κ2) is 18.8. The van der Waals surface area contributed by atoms with Gasteiger partial charge in [-0.1, -0.05) is 102 Å². The number of esters is 1. The molecule has 34 heavy (non-hydrogen) atoms. The number of carbonyl (C=O) groups is 1. The average molecular weight is 465 g/mol. The van der Waals surface area contributed by atoms with Crippen molar-refractivity contribution in [1.29, 1.82) is 0 Å². The van der Waals surface area contributed by atoms with Crippen molar-refractivity contribution in [3.63, 3.8) is 0 Å². The van der Waals surface area contributed by atoms with Crippen LogP contribution in [-0.2, 0) is 16.1 Å². The van der Waals surface area contributed by atoms with Crippen LogP contribution in [0.25, 0.3) is 6.08 Å². The van der Waals surface area contributed by atoms with E-state index in [4.69, 9.17) is 4.74 Å². The van der Waals surface area contributed by atoms with Crippen LogP contribution in [0.1, 0.15) is 102 Å². The van der Waals surface area contributed by atoms with Gasteiger partial charge in [-0.2, -0.15) is 0 Å². The van der Waals surface area contributed by atoms with Crippen molar-refractivity contribution in [2.45, 2.75) is 97.0 Å². The summed E-state index contributed by atoms with van der Waals surface area (Å²) >= 11 is 0. The normalized spacial score (nSPS) is 11.1. The van der Waals surface area contributed by atoms with Gasteiger partial charge >= 0.3 is 5.97 Å². The van der Waals surface area contributed by atoms with Crippen LogP contribution in [-0.4, -0.2) is 17.5 Å². The van der Waals surface area contributed by atoms with Crippen molar-refractivity contribution >= 4 is 17.7 Å². The minimum Gasteiger partial charge on any atom is -0.456 e. The maximum absolute atomic E-state index is 11.9. The van der Waals surface area contributed by atoms with Crippen molar-refractivity contribution in [3.8, 4) is 0 Å². The monoisotopic (exact) mass is 464 g/mol. The Morgan fingerprint density at radius 3 is 2.03 bits per heavy atom. The van der Waals surface area contributed by atoms with Crippen LogP contribution in [0.2, 0.25) is 0 Å². The van der Waals surface area contributed by atoms with Gasteiger partial charge < -0.3 is 10.1 Å². The number of rotatable bonds is 19. The summed E-state index contributed by atoms with van der Waals surface area (Å²) in [5.41, 5.74) is 2.83. The first kappa shape index (κ1) is 27.6. The third-order valence-electron chi connectivity index (χ3n) is 6.02. The largest absolute Gasteiger partial charge is 0.456 e. The van der Waals surface area contributed by atoms with Gasteiger partial charge in [0.15, 0.2) is 0 Å². The van der Waals surface area contributed by atoms with E-state index in [2.05, 4.69) is 29.4 Å². The molecule has 0 bridgehead atoms. The molecule has 0 spiro atoms. The van der Waals surface area contributed by atoms with E-state index in [9.17, 15) is 4.79 Å². The number of pyridine rings is 1. The molecule has 2 rings (SSSR count). The van der Waals surface area contributed by atoms with Crippen LogP contribution in [0.5, 0.6) is 0 Å². The molecular weight excluding hydrogens is 420 g/mol. The third kappa shape index (κ3) is 13.8. The number of nitrogens with one attached hydrogen (secondary N) is 1. The predicted octanol–water partition coefficient (Wildman–Crippen LogP) is 8.34. The molecule has 0 aliphatic heterocycles. The molecule has 0 aliphatic rings. The Morgan fingerprint density at radius 1 is 0.824 bits per heavy atom. The van der Waals surface area contributed by atoms with E-state index in [1.807, 2.05) is 30.3 Å². The lowest BCUT2D eigenvalue weighted by atomic mass is 10.0. The molecule has 4 nitrogen and oxygen atoms in total. The van der Waals surface area contributed by atoms with E-state index < -0.39 is 0 Å². The maximum Gasteiger partial charge on any atom is 0.331 e. The van der Waals surface area contributed by atoms with Gasteiger partial charge in [0.05, 0.1) is 5.69 Å².